The Kier molecular flexibility index (Phi) is 16.4. The molecule has 1 saturated carbocycles. The van der Waals surface area contributed by atoms with Crippen LogP contribution in [0.3, 0.4) is 0 Å². The second kappa shape index (κ2) is 19.5. The molecule has 0 radical (unpaired) electrons. The fourth-order valence-corrected chi connectivity index (χ4v) is 13.4. The van der Waals surface area contributed by atoms with Crippen molar-refractivity contribution in [2.24, 2.45) is 11.8 Å². The van der Waals surface area contributed by atoms with E-state index in [-0.39, 0.29) is 45.9 Å². The van der Waals surface area contributed by atoms with E-state index in [1.807, 2.05) is 25.2 Å². The van der Waals surface area contributed by atoms with Crippen LogP contribution in [0.5, 0.6) is 0 Å². The van der Waals surface area contributed by atoms with Gasteiger partial charge in [0.2, 0.25) is 0 Å². The zero-order valence-electron chi connectivity index (χ0n) is 33.5. The Morgan fingerprint density at radius 3 is 1.92 bits per heavy atom. The Morgan fingerprint density at radius 2 is 1.39 bits per heavy atom. The largest absolute Gasteiger partial charge is 0.466 e. The maximum absolute atomic E-state index is 13.4. The standard InChI is InChI=1S/C44H68O5Si2/c1-11-13-18-30-38-39(33-32-35(45)25-19-14-15-24-31-42(46)47-12-2)41(34-40(38)48-50(9,10)43(3,4)5)49-51(44(6,7)8,36-26-20-16-21-27-36)37-28-22-17-23-29-37/h14,16-17,19-23,26-29,32-33,38-41H,11-13,15,18,24-25,30-31,34H2,1-10H3/b19-14-,33-32+/t38-,39+,40-,41+/m1/s1. The van der Waals surface area contributed by atoms with E-state index in [0.717, 1.165) is 38.5 Å². The van der Waals surface area contributed by atoms with Gasteiger partial charge < -0.3 is 13.6 Å². The van der Waals surface area contributed by atoms with Crippen LogP contribution in [0.2, 0.25) is 23.2 Å². The summed E-state index contributed by atoms with van der Waals surface area (Å²) in [7, 11) is -4.96. The van der Waals surface area contributed by atoms with E-state index in [4.69, 9.17) is 13.6 Å². The number of benzene rings is 2. The minimum absolute atomic E-state index is 0.0516. The molecule has 1 aliphatic carbocycles. The minimum atomic E-state index is -2.86. The first-order valence-electron chi connectivity index (χ1n) is 19.6. The smallest absolute Gasteiger partial charge is 0.305 e. The van der Waals surface area contributed by atoms with E-state index in [9.17, 15) is 9.59 Å². The minimum Gasteiger partial charge on any atom is -0.466 e. The molecule has 7 heteroatoms. The lowest BCUT2D eigenvalue weighted by Gasteiger charge is -2.45. The molecule has 0 spiro atoms. The SMILES string of the molecule is CCCCC[C@@H]1[C@H](/C=C/C(=O)C/C=C\CCCC(=O)OCC)[C@@H](O[Si](c2ccccc2)(c2ccccc2)C(C)(C)C)C[C@H]1O[Si](C)(C)C(C)(C)C. The summed E-state index contributed by atoms with van der Waals surface area (Å²) in [6, 6.07) is 21.8. The highest BCUT2D eigenvalue weighted by Crippen LogP contribution is 2.48. The molecule has 0 unspecified atom stereocenters. The van der Waals surface area contributed by atoms with E-state index < -0.39 is 16.6 Å². The van der Waals surface area contributed by atoms with Gasteiger partial charge in [0, 0.05) is 18.8 Å². The van der Waals surface area contributed by atoms with Crippen LogP contribution in [0.1, 0.15) is 113 Å². The molecule has 282 valence electrons. The van der Waals surface area contributed by atoms with Gasteiger partial charge in [-0.25, -0.2) is 0 Å². The average molecular weight is 733 g/mol. The van der Waals surface area contributed by atoms with Gasteiger partial charge >= 0.3 is 5.97 Å². The molecule has 1 fully saturated rings. The van der Waals surface area contributed by atoms with E-state index >= 15 is 0 Å². The van der Waals surface area contributed by atoms with E-state index in [2.05, 4.69) is 128 Å². The van der Waals surface area contributed by atoms with Crippen LogP contribution < -0.4 is 10.4 Å². The monoisotopic (exact) mass is 732 g/mol. The molecule has 0 heterocycles. The molecule has 51 heavy (non-hydrogen) atoms. The van der Waals surface area contributed by atoms with E-state index in [0.29, 0.717) is 19.4 Å². The molecule has 2 aromatic rings. The van der Waals surface area contributed by atoms with Crippen LogP contribution in [0.4, 0.5) is 0 Å². The lowest BCUT2D eigenvalue weighted by molar-refractivity contribution is -0.143. The molecule has 0 N–H and O–H groups in total. The quantitative estimate of drug-likeness (QED) is 0.0473. The summed E-state index contributed by atoms with van der Waals surface area (Å²) in [5.41, 5.74) is 0. The Morgan fingerprint density at radius 1 is 0.784 bits per heavy atom. The van der Waals surface area contributed by atoms with Gasteiger partial charge in [-0.1, -0.05) is 147 Å². The topological polar surface area (TPSA) is 61.8 Å². The number of allylic oxidation sites excluding steroid dienone is 3. The second-order valence-corrected chi connectivity index (χ2v) is 25.9. The zero-order chi connectivity index (χ0) is 37.7. The lowest BCUT2D eigenvalue weighted by Crippen LogP contribution is -2.68. The summed E-state index contributed by atoms with van der Waals surface area (Å²) in [6.07, 6.45) is 15.5. The van der Waals surface area contributed by atoms with Gasteiger partial charge in [0.15, 0.2) is 14.1 Å². The Bertz CT molecular complexity index is 1360. The van der Waals surface area contributed by atoms with Gasteiger partial charge in [0.1, 0.15) is 0 Å². The molecule has 2 aromatic carbocycles. The molecular formula is C44H68O5Si2. The van der Waals surface area contributed by atoms with Crippen LogP contribution in [0.25, 0.3) is 0 Å². The fourth-order valence-electron chi connectivity index (χ4n) is 7.30. The fraction of sp³-hybridized carbons (Fsp3) is 0.591. The second-order valence-electron chi connectivity index (χ2n) is 16.9. The molecule has 0 amide bonds. The Hall–Kier alpha value is -2.59. The highest BCUT2D eigenvalue weighted by Gasteiger charge is 2.55. The number of esters is 1. The van der Waals surface area contributed by atoms with Crippen molar-refractivity contribution >= 4 is 38.8 Å². The Labute approximate surface area is 312 Å². The molecule has 0 bridgehead atoms. The van der Waals surface area contributed by atoms with Crippen molar-refractivity contribution in [2.75, 3.05) is 6.61 Å². The van der Waals surface area contributed by atoms with Crippen LogP contribution in [0.15, 0.2) is 85.0 Å². The average Bonchev–Trinajstić information content (AvgIpc) is 3.38. The first-order chi connectivity index (χ1) is 24.1. The third-order valence-corrected chi connectivity index (χ3v) is 20.6. The number of carbonyl (C=O) groups excluding carboxylic acids is 2. The summed E-state index contributed by atoms with van der Waals surface area (Å²) in [5.74, 6) is 0.231. The number of ether oxygens (including phenoxy) is 1. The van der Waals surface area contributed by atoms with Crippen molar-refractivity contribution in [1.82, 2.24) is 0 Å². The number of hydrogen-bond donors (Lipinski definition) is 0. The van der Waals surface area contributed by atoms with Crippen molar-refractivity contribution in [2.45, 2.75) is 149 Å². The number of ketones is 1. The van der Waals surface area contributed by atoms with Gasteiger partial charge in [0.25, 0.3) is 8.32 Å². The van der Waals surface area contributed by atoms with Gasteiger partial charge in [-0.05, 0) is 78.1 Å². The van der Waals surface area contributed by atoms with Crippen molar-refractivity contribution < 1.29 is 23.2 Å². The van der Waals surface area contributed by atoms with Gasteiger partial charge in [0.05, 0.1) is 18.8 Å². The first kappa shape index (κ1) is 42.8. The van der Waals surface area contributed by atoms with Gasteiger partial charge in [-0.2, -0.15) is 0 Å². The Balaban J connectivity index is 2.04. The third-order valence-electron chi connectivity index (χ3n) is 11.1. The maximum Gasteiger partial charge on any atom is 0.305 e. The van der Waals surface area contributed by atoms with Crippen LogP contribution in [0, 0.1) is 11.8 Å². The summed E-state index contributed by atoms with van der Waals surface area (Å²) < 4.78 is 20.2. The molecule has 3 rings (SSSR count). The van der Waals surface area contributed by atoms with Gasteiger partial charge in [-0.15, -0.1) is 0 Å². The molecule has 0 aliphatic heterocycles. The third kappa shape index (κ3) is 11.7. The van der Waals surface area contributed by atoms with Crippen molar-refractivity contribution in [3.05, 3.63) is 85.0 Å². The highest BCUT2D eigenvalue weighted by atomic mass is 28.4. The van der Waals surface area contributed by atoms with Crippen LogP contribution in [-0.4, -0.2) is 47.2 Å². The maximum atomic E-state index is 13.4. The molecular weight excluding hydrogens is 665 g/mol. The van der Waals surface area contributed by atoms with E-state index in [1.54, 1.807) is 0 Å². The van der Waals surface area contributed by atoms with E-state index in [1.165, 1.54) is 16.8 Å². The lowest BCUT2D eigenvalue weighted by atomic mass is 9.88. The molecule has 0 saturated heterocycles. The summed E-state index contributed by atoms with van der Waals surface area (Å²) in [6.45, 7) is 23.2. The van der Waals surface area contributed by atoms with Crippen molar-refractivity contribution in [3.63, 3.8) is 0 Å². The number of unbranched alkanes of at least 4 members (excludes halogenated alkanes) is 3. The van der Waals surface area contributed by atoms with Crippen molar-refractivity contribution in [1.29, 1.82) is 0 Å². The number of hydrogen-bond acceptors (Lipinski definition) is 5. The van der Waals surface area contributed by atoms with Gasteiger partial charge in [-0.3, -0.25) is 9.59 Å². The number of carbonyl (C=O) groups is 2. The molecule has 5 nitrogen and oxygen atoms in total. The highest BCUT2D eigenvalue weighted by molar-refractivity contribution is 6.99. The summed E-state index contributed by atoms with van der Waals surface area (Å²) >= 11 is 0. The summed E-state index contributed by atoms with van der Waals surface area (Å²) in [4.78, 5) is 25.0. The first-order valence-corrected chi connectivity index (χ1v) is 24.4. The summed E-state index contributed by atoms with van der Waals surface area (Å²) in [5, 5.41) is 2.47. The normalized spacial score (nSPS) is 20.4. The molecule has 0 aromatic heterocycles. The van der Waals surface area contributed by atoms with Crippen LogP contribution >= 0.6 is 0 Å². The predicted octanol–water partition coefficient (Wildman–Crippen LogP) is 10.3. The molecule has 1 aliphatic rings. The van der Waals surface area contributed by atoms with Crippen LogP contribution in [-0.2, 0) is 23.2 Å². The number of rotatable bonds is 19. The zero-order valence-corrected chi connectivity index (χ0v) is 35.5. The predicted molar refractivity (Wildman–Crippen MR) is 219 cm³/mol. The molecule has 4 atom stereocenters. The van der Waals surface area contributed by atoms with Crippen molar-refractivity contribution in [3.8, 4) is 0 Å².